The molecular weight excluding hydrogens is 192 g/mol. The third-order valence-electron chi connectivity index (χ3n) is 2.62. The number of aromatic nitrogens is 2. The Bertz CT molecular complexity index is 344. The molecule has 0 saturated carbocycles. The molecule has 0 fully saturated rings. The number of aliphatic carboxylic acids is 1. The average Bonchev–Trinajstić information content (AvgIpc) is 2.59. The van der Waals surface area contributed by atoms with Crippen molar-refractivity contribution >= 4 is 5.97 Å². The summed E-state index contributed by atoms with van der Waals surface area (Å²) >= 11 is 0. The van der Waals surface area contributed by atoms with Crippen LogP contribution in [0, 0.1) is 5.92 Å². The van der Waals surface area contributed by atoms with Gasteiger partial charge in [0.15, 0.2) is 0 Å². The van der Waals surface area contributed by atoms with Gasteiger partial charge in [0.2, 0.25) is 0 Å². The molecule has 4 nitrogen and oxygen atoms in total. The molecule has 1 rings (SSSR count). The molecule has 0 aliphatic heterocycles. The summed E-state index contributed by atoms with van der Waals surface area (Å²) < 4.78 is 1.93. The molecule has 1 heterocycles. The van der Waals surface area contributed by atoms with E-state index in [-0.39, 0.29) is 5.92 Å². The van der Waals surface area contributed by atoms with Gasteiger partial charge in [-0.05, 0) is 25.3 Å². The quantitative estimate of drug-likeness (QED) is 0.805. The normalized spacial score (nSPS) is 12.7. The highest BCUT2D eigenvalue weighted by atomic mass is 16.4. The third-order valence-corrected chi connectivity index (χ3v) is 2.62. The molecule has 1 N–H and O–H groups in total. The zero-order chi connectivity index (χ0) is 11.4. The maximum Gasteiger partial charge on any atom is 0.306 e. The van der Waals surface area contributed by atoms with Crippen molar-refractivity contribution < 1.29 is 9.90 Å². The van der Waals surface area contributed by atoms with E-state index < -0.39 is 5.97 Å². The number of rotatable bonds is 5. The average molecular weight is 210 g/mol. The number of hydrogen-bond acceptors (Lipinski definition) is 2. The van der Waals surface area contributed by atoms with E-state index in [4.69, 9.17) is 5.11 Å². The predicted octanol–water partition coefficient (Wildman–Crippen LogP) is 1.73. The summed E-state index contributed by atoms with van der Waals surface area (Å²) in [6.45, 7) is 6.67. The smallest absolute Gasteiger partial charge is 0.306 e. The third kappa shape index (κ3) is 2.58. The Morgan fingerprint density at radius 1 is 1.60 bits per heavy atom. The monoisotopic (exact) mass is 210 g/mol. The van der Waals surface area contributed by atoms with Crippen molar-refractivity contribution in [3.63, 3.8) is 0 Å². The van der Waals surface area contributed by atoms with Crippen molar-refractivity contribution in [2.75, 3.05) is 0 Å². The Labute approximate surface area is 89.9 Å². The summed E-state index contributed by atoms with van der Waals surface area (Å²) in [6, 6.07) is 0. The van der Waals surface area contributed by atoms with E-state index in [0.717, 1.165) is 24.2 Å². The highest BCUT2D eigenvalue weighted by Crippen LogP contribution is 2.14. The Morgan fingerprint density at radius 2 is 2.27 bits per heavy atom. The van der Waals surface area contributed by atoms with Gasteiger partial charge in [0.1, 0.15) is 0 Å². The van der Waals surface area contributed by atoms with Crippen LogP contribution in [0.5, 0.6) is 0 Å². The van der Waals surface area contributed by atoms with Crippen molar-refractivity contribution in [3.05, 3.63) is 17.5 Å². The van der Waals surface area contributed by atoms with Crippen molar-refractivity contribution in [2.45, 2.75) is 40.2 Å². The Kier molecular flexibility index (Phi) is 3.88. The molecule has 1 aromatic heterocycles. The SMILES string of the molecule is CCc1c(CC(C)C(=O)O)cnn1CC. The molecule has 1 aromatic rings. The first-order chi connectivity index (χ1) is 7.10. The highest BCUT2D eigenvalue weighted by Gasteiger charge is 2.16. The second-order valence-electron chi connectivity index (χ2n) is 3.73. The molecule has 84 valence electrons. The van der Waals surface area contributed by atoms with Gasteiger partial charge in [0.25, 0.3) is 0 Å². The number of nitrogens with zero attached hydrogens (tertiary/aromatic N) is 2. The lowest BCUT2D eigenvalue weighted by atomic mass is 10.0. The lowest BCUT2D eigenvalue weighted by Crippen LogP contribution is -2.13. The van der Waals surface area contributed by atoms with Crippen LogP contribution in [0.2, 0.25) is 0 Å². The molecule has 0 aliphatic carbocycles. The van der Waals surface area contributed by atoms with Crippen LogP contribution in [0.4, 0.5) is 0 Å². The van der Waals surface area contributed by atoms with Gasteiger partial charge in [-0.1, -0.05) is 13.8 Å². The minimum Gasteiger partial charge on any atom is -0.481 e. The number of aryl methyl sites for hydroxylation is 1. The number of carboxylic acids is 1. The summed E-state index contributed by atoms with van der Waals surface area (Å²) in [7, 11) is 0. The fourth-order valence-corrected chi connectivity index (χ4v) is 1.72. The molecule has 15 heavy (non-hydrogen) atoms. The minimum absolute atomic E-state index is 0.343. The second-order valence-corrected chi connectivity index (χ2v) is 3.73. The van der Waals surface area contributed by atoms with Crippen LogP contribution in [0.15, 0.2) is 6.20 Å². The van der Waals surface area contributed by atoms with Crippen molar-refractivity contribution in [1.82, 2.24) is 9.78 Å². The van der Waals surface area contributed by atoms with E-state index in [2.05, 4.69) is 12.0 Å². The van der Waals surface area contributed by atoms with E-state index in [9.17, 15) is 4.79 Å². The van der Waals surface area contributed by atoms with Crippen LogP contribution in [0.1, 0.15) is 32.0 Å². The molecule has 0 saturated heterocycles. The predicted molar refractivity (Wildman–Crippen MR) is 57.8 cm³/mol. The van der Waals surface area contributed by atoms with Gasteiger partial charge >= 0.3 is 5.97 Å². The molecule has 1 unspecified atom stereocenters. The standard InChI is InChI=1S/C11H18N2O2/c1-4-10-9(6-8(3)11(14)15)7-12-13(10)5-2/h7-8H,4-6H2,1-3H3,(H,14,15). The van der Waals surface area contributed by atoms with Gasteiger partial charge in [-0.3, -0.25) is 9.48 Å². The maximum absolute atomic E-state index is 10.8. The number of carboxylic acid groups (broad SMARTS) is 1. The van der Waals surface area contributed by atoms with Crippen LogP contribution >= 0.6 is 0 Å². The first-order valence-electron chi connectivity index (χ1n) is 5.36. The fourth-order valence-electron chi connectivity index (χ4n) is 1.72. The molecule has 1 atom stereocenters. The lowest BCUT2D eigenvalue weighted by Gasteiger charge is -2.07. The molecule has 0 spiro atoms. The van der Waals surface area contributed by atoms with Gasteiger partial charge < -0.3 is 5.11 Å². The molecule has 4 heteroatoms. The molecule has 0 aromatic carbocycles. The first kappa shape index (κ1) is 11.8. The minimum atomic E-state index is -0.749. The largest absolute Gasteiger partial charge is 0.481 e. The van der Waals surface area contributed by atoms with E-state index in [1.165, 1.54) is 0 Å². The van der Waals surface area contributed by atoms with Crippen LogP contribution in [0.25, 0.3) is 0 Å². The first-order valence-corrected chi connectivity index (χ1v) is 5.36. The Balaban J connectivity index is 2.85. The summed E-state index contributed by atoms with van der Waals surface area (Å²) in [6.07, 6.45) is 3.26. The summed E-state index contributed by atoms with van der Waals surface area (Å²) in [4.78, 5) is 10.8. The zero-order valence-electron chi connectivity index (χ0n) is 9.53. The van der Waals surface area contributed by atoms with Crippen molar-refractivity contribution in [2.24, 2.45) is 5.92 Å². The van der Waals surface area contributed by atoms with E-state index in [1.54, 1.807) is 13.1 Å². The molecular formula is C11H18N2O2. The maximum atomic E-state index is 10.8. The van der Waals surface area contributed by atoms with Gasteiger partial charge in [0, 0.05) is 12.2 Å². The Hall–Kier alpha value is -1.32. The van der Waals surface area contributed by atoms with Crippen LogP contribution in [0.3, 0.4) is 0 Å². The van der Waals surface area contributed by atoms with Crippen LogP contribution in [-0.4, -0.2) is 20.9 Å². The summed E-state index contributed by atoms with van der Waals surface area (Å²) in [5.74, 6) is -1.09. The van der Waals surface area contributed by atoms with E-state index >= 15 is 0 Å². The van der Waals surface area contributed by atoms with Gasteiger partial charge in [-0.15, -0.1) is 0 Å². The van der Waals surface area contributed by atoms with Gasteiger partial charge in [-0.2, -0.15) is 5.10 Å². The second kappa shape index (κ2) is 4.96. The Morgan fingerprint density at radius 3 is 2.73 bits per heavy atom. The van der Waals surface area contributed by atoms with Crippen molar-refractivity contribution in [1.29, 1.82) is 0 Å². The summed E-state index contributed by atoms with van der Waals surface area (Å²) in [5, 5.41) is 13.1. The molecule has 0 amide bonds. The molecule has 0 radical (unpaired) electrons. The topological polar surface area (TPSA) is 55.1 Å². The lowest BCUT2D eigenvalue weighted by molar-refractivity contribution is -0.141. The number of hydrogen-bond donors (Lipinski definition) is 1. The van der Waals surface area contributed by atoms with E-state index in [1.807, 2.05) is 11.6 Å². The molecule has 0 bridgehead atoms. The van der Waals surface area contributed by atoms with Crippen LogP contribution in [-0.2, 0) is 24.2 Å². The highest BCUT2D eigenvalue weighted by molar-refractivity contribution is 5.69. The van der Waals surface area contributed by atoms with E-state index in [0.29, 0.717) is 6.42 Å². The fraction of sp³-hybridized carbons (Fsp3) is 0.636. The van der Waals surface area contributed by atoms with Crippen molar-refractivity contribution in [3.8, 4) is 0 Å². The van der Waals surface area contributed by atoms with Gasteiger partial charge in [0.05, 0.1) is 12.1 Å². The zero-order valence-corrected chi connectivity index (χ0v) is 9.53. The number of carbonyl (C=O) groups is 1. The van der Waals surface area contributed by atoms with Crippen LogP contribution < -0.4 is 0 Å². The van der Waals surface area contributed by atoms with Gasteiger partial charge in [-0.25, -0.2) is 0 Å². The molecule has 0 aliphatic rings. The summed E-state index contributed by atoms with van der Waals surface area (Å²) in [5.41, 5.74) is 2.22.